The van der Waals surface area contributed by atoms with E-state index in [-0.39, 0.29) is 31.1 Å². The van der Waals surface area contributed by atoms with E-state index >= 15 is 0 Å². The summed E-state index contributed by atoms with van der Waals surface area (Å²) in [6.45, 7) is 6.25. The van der Waals surface area contributed by atoms with E-state index in [0.29, 0.717) is 25.7 Å². The van der Waals surface area contributed by atoms with Crippen LogP contribution in [0, 0.1) is 0 Å². The van der Waals surface area contributed by atoms with Crippen molar-refractivity contribution in [1.82, 2.24) is 0 Å². The van der Waals surface area contributed by atoms with Crippen molar-refractivity contribution in [2.75, 3.05) is 13.2 Å². The minimum atomic E-state index is -0.811. The number of hydrogen-bond acceptors (Lipinski definition) is 6. The zero-order chi connectivity index (χ0) is 54.3. The molecule has 0 heterocycles. The Kier molecular flexibility index (Phi) is 58.0. The average Bonchev–Trinajstić information content (AvgIpc) is 3.41. The second kappa shape index (κ2) is 61.8. The van der Waals surface area contributed by atoms with Crippen LogP contribution in [0.25, 0.3) is 0 Å². The highest BCUT2D eigenvalue weighted by molar-refractivity contribution is 5.71. The van der Waals surface area contributed by atoms with Crippen molar-refractivity contribution in [3.8, 4) is 0 Å². The summed E-state index contributed by atoms with van der Waals surface area (Å²) in [5.41, 5.74) is 0. The van der Waals surface area contributed by atoms with Crippen LogP contribution in [0.2, 0.25) is 0 Å². The first-order chi connectivity index (χ1) is 37.0. The van der Waals surface area contributed by atoms with Gasteiger partial charge in [-0.1, -0.05) is 244 Å². The van der Waals surface area contributed by atoms with Gasteiger partial charge in [0.25, 0.3) is 0 Å². The van der Waals surface area contributed by atoms with E-state index in [1.165, 1.54) is 64.2 Å². The molecule has 0 spiro atoms. The largest absolute Gasteiger partial charge is 0.462 e. The molecule has 0 saturated heterocycles. The van der Waals surface area contributed by atoms with Crippen LogP contribution >= 0.6 is 0 Å². The molecule has 1 atom stereocenters. The smallest absolute Gasteiger partial charge is 0.306 e. The maximum absolute atomic E-state index is 12.9. The summed E-state index contributed by atoms with van der Waals surface area (Å²) in [6, 6.07) is 0. The number of carbonyl (C=O) groups excluding carboxylic acids is 3. The van der Waals surface area contributed by atoms with Gasteiger partial charge in [0, 0.05) is 19.3 Å². The fraction of sp³-hybridized carbons (Fsp3) is 0.609. The van der Waals surface area contributed by atoms with Crippen molar-refractivity contribution in [3.05, 3.63) is 146 Å². The van der Waals surface area contributed by atoms with Crippen LogP contribution in [0.5, 0.6) is 0 Å². The van der Waals surface area contributed by atoms with E-state index in [2.05, 4.69) is 167 Å². The lowest BCUT2D eigenvalue weighted by Gasteiger charge is -2.18. The summed E-state index contributed by atoms with van der Waals surface area (Å²) in [5.74, 6) is -0.965. The number of carbonyl (C=O) groups is 3. The topological polar surface area (TPSA) is 78.9 Å². The molecule has 0 aromatic carbocycles. The van der Waals surface area contributed by atoms with Gasteiger partial charge >= 0.3 is 17.9 Å². The molecule has 0 aromatic heterocycles. The first kappa shape index (κ1) is 70.3. The van der Waals surface area contributed by atoms with Crippen LogP contribution in [0.3, 0.4) is 0 Å². The van der Waals surface area contributed by atoms with Crippen LogP contribution in [0.15, 0.2) is 146 Å². The molecule has 0 aromatic rings. The third-order valence-corrected chi connectivity index (χ3v) is 12.3. The molecule has 0 aliphatic carbocycles. The Balaban J connectivity index is 4.47. The maximum atomic E-state index is 12.9. The van der Waals surface area contributed by atoms with Crippen LogP contribution in [-0.4, -0.2) is 37.2 Å². The molecule has 422 valence electrons. The Labute approximate surface area is 461 Å². The van der Waals surface area contributed by atoms with Crippen molar-refractivity contribution in [2.24, 2.45) is 0 Å². The van der Waals surface area contributed by atoms with Crippen LogP contribution in [0.1, 0.15) is 252 Å². The quantitative estimate of drug-likeness (QED) is 0.0261. The lowest BCUT2D eigenvalue weighted by atomic mass is 10.1. The molecular weight excluding hydrogens is 925 g/mol. The number of rotatable bonds is 53. The first-order valence-electron chi connectivity index (χ1n) is 30.3. The average molecular weight is 1040 g/mol. The van der Waals surface area contributed by atoms with E-state index in [0.717, 1.165) is 141 Å². The molecule has 1 unspecified atom stereocenters. The van der Waals surface area contributed by atoms with Crippen LogP contribution in [-0.2, 0) is 28.6 Å². The van der Waals surface area contributed by atoms with E-state index < -0.39 is 6.10 Å². The zero-order valence-corrected chi connectivity index (χ0v) is 48.3. The minimum absolute atomic E-state index is 0.104. The molecule has 0 N–H and O–H groups in total. The van der Waals surface area contributed by atoms with Crippen molar-refractivity contribution < 1.29 is 28.6 Å². The highest BCUT2D eigenvalue weighted by Gasteiger charge is 2.19. The normalized spacial score (nSPS) is 13.2. The standard InChI is InChI=1S/C69H110O6/c1-4-7-10-13-16-19-22-25-28-30-32-34-36-38-41-44-47-50-53-56-59-62-68(71)74-65-66(64-73-67(70)61-58-55-52-49-46-43-40-27-24-21-18-15-12-9-6-3)75-69(72)63-60-57-54-51-48-45-42-39-37-35-33-31-29-26-23-20-17-14-11-8-5-2/h7-12,16-21,25-29,32-35,40,46,49,66H,4-6,13-15,22-24,30-31,36-39,41-45,47-48,50-65H2,1-3H3/b10-7-,11-8-,12-9-,19-16-,20-17-,21-18-,28-25-,29-26-,34-32-,35-33-,40-27-,49-46-. The van der Waals surface area contributed by atoms with Crippen molar-refractivity contribution in [3.63, 3.8) is 0 Å². The summed E-state index contributed by atoms with van der Waals surface area (Å²) < 4.78 is 16.9. The van der Waals surface area contributed by atoms with Crippen molar-refractivity contribution in [1.29, 1.82) is 0 Å². The number of ether oxygens (including phenoxy) is 3. The summed E-state index contributed by atoms with van der Waals surface area (Å²) in [5, 5.41) is 0. The predicted octanol–water partition coefficient (Wildman–Crippen LogP) is 20.8. The molecule has 0 rings (SSSR count). The van der Waals surface area contributed by atoms with Gasteiger partial charge in [-0.25, -0.2) is 0 Å². The molecule has 0 amide bonds. The Hall–Kier alpha value is -4.71. The SMILES string of the molecule is CC/C=C\C/C=C\C/C=C\C/C=C\CCCCCCCCCCC(=O)OCC(COC(=O)CCCC/C=C\C/C=C\C/C=C\C/C=C\CC)OC(=O)CCCCCCCCCC/C=C\C/C=C\C/C=C\C/C=C\CC. The molecule has 0 saturated carbocycles. The Morgan fingerprint density at radius 3 is 0.773 bits per heavy atom. The first-order valence-corrected chi connectivity index (χ1v) is 30.3. The van der Waals surface area contributed by atoms with E-state index in [1.807, 2.05) is 0 Å². The fourth-order valence-electron chi connectivity index (χ4n) is 7.89. The molecule has 0 radical (unpaired) electrons. The third kappa shape index (κ3) is 60.0. The fourth-order valence-corrected chi connectivity index (χ4v) is 7.89. The molecule has 0 bridgehead atoms. The second-order valence-electron chi connectivity index (χ2n) is 19.5. The summed E-state index contributed by atoms with van der Waals surface area (Å²) in [6.07, 6.45) is 88.4. The van der Waals surface area contributed by atoms with Crippen molar-refractivity contribution >= 4 is 17.9 Å². The lowest BCUT2D eigenvalue weighted by Crippen LogP contribution is -2.30. The number of hydrogen-bond donors (Lipinski definition) is 0. The molecule has 0 fully saturated rings. The Morgan fingerprint density at radius 2 is 0.480 bits per heavy atom. The number of esters is 3. The number of unbranched alkanes of at least 4 members (excludes halogenated alkanes) is 18. The maximum Gasteiger partial charge on any atom is 0.306 e. The van der Waals surface area contributed by atoms with Gasteiger partial charge in [-0.05, 0) is 135 Å². The number of allylic oxidation sites excluding steroid dienone is 24. The van der Waals surface area contributed by atoms with E-state index in [4.69, 9.17) is 14.2 Å². The predicted molar refractivity (Wildman–Crippen MR) is 325 cm³/mol. The van der Waals surface area contributed by atoms with Gasteiger partial charge in [0.2, 0.25) is 0 Å². The molecule has 0 aliphatic rings. The molecule has 6 heteroatoms. The third-order valence-electron chi connectivity index (χ3n) is 12.3. The van der Waals surface area contributed by atoms with Gasteiger partial charge in [-0.15, -0.1) is 0 Å². The van der Waals surface area contributed by atoms with Gasteiger partial charge in [-0.3, -0.25) is 14.4 Å². The molecule has 75 heavy (non-hydrogen) atoms. The van der Waals surface area contributed by atoms with Gasteiger partial charge in [0.1, 0.15) is 13.2 Å². The van der Waals surface area contributed by atoms with E-state index in [9.17, 15) is 14.4 Å². The molecule has 0 aliphatic heterocycles. The molecule has 6 nitrogen and oxygen atoms in total. The van der Waals surface area contributed by atoms with Crippen LogP contribution in [0.4, 0.5) is 0 Å². The Bertz CT molecular complexity index is 1660. The van der Waals surface area contributed by atoms with Gasteiger partial charge in [0.05, 0.1) is 0 Å². The highest BCUT2D eigenvalue weighted by atomic mass is 16.6. The Morgan fingerprint density at radius 1 is 0.267 bits per heavy atom. The molecular formula is C69H110O6. The highest BCUT2D eigenvalue weighted by Crippen LogP contribution is 2.14. The van der Waals surface area contributed by atoms with Gasteiger partial charge in [-0.2, -0.15) is 0 Å². The van der Waals surface area contributed by atoms with E-state index in [1.54, 1.807) is 0 Å². The lowest BCUT2D eigenvalue weighted by molar-refractivity contribution is -0.167. The van der Waals surface area contributed by atoms with Crippen LogP contribution < -0.4 is 0 Å². The second-order valence-corrected chi connectivity index (χ2v) is 19.5. The minimum Gasteiger partial charge on any atom is -0.462 e. The summed E-state index contributed by atoms with van der Waals surface area (Å²) in [4.78, 5) is 38.3. The summed E-state index contributed by atoms with van der Waals surface area (Å²) in [7, 11) is 0. The summed E-state index contributed by atoms with van der Waals surface area (Å²) >= 11 is 0. The monoisotopic (exact) mass is 1030 g/mol. The van der Waals surface area contributed by atoms with Gasteiger partial charge < -0.3 is 14.2 Å². The van der Waals surface area contributed by atoms with Crippen molar-refractivity contribution in [2.45, 2.75) is 258 Å². The zero-order valence-electron chi connectivity index (χ0n) is 48.3. The van der Waals surface area contributed by atoms with Gasteiger partial charge in [0.15, 0.2) is 6.10 Å².